The van der Waals surface area contributed by atoms with Crippen molar-refractivity contribution < 1.29 is 14.3 Å². The number of hydrazine groups is 1. The molecule has 4 rings (SSSR count). The highest BCUT2D eigenvalue weighted by Gasteiger charge is 2.19. The summed E-state index contributed by atoms with van der Waals surface area (Å²) in [4.78, 5) is 37.8. The zero-order valence-electron chi connectivity index (χ0n) is 16.1. The number of nitrogens with one attached hydrogen (secondary N) is 2. The average Bonchev–Trinajstić information content (AvgIpc) is 3.20. The van der Waals surface area contributed by atoms with E-state index >= 15 is 0 Å². The van der Waals surface area contributed by atoms with Crippen molar-refractivity contribution in [2.45, 2.75) is 26.3 Å². The van der Waals surface area contributed by atoms with Gasteiger partial charge in [0.2, 0.25) is 0 Å². The summed E-state index contributed by atoms with van der Waals surface area (Å²) in [7, 11) is 0. The van der Waals surface area contributed by atoms with E-state index in [9.17, 15) is 14.4 Å². The fourth-order valence-corrected chi connectivity index (χ4v) is 3.30. The first kappa shape index (κ1) is 18.7. The smallest absolute Gasteiger partial charge is 0.290 e. The van der Waals surface area contributed by atoms with Crippen LogP contribution in [0.3, 0.4) is 0 Å². The predicted octanol–water partition coefficient (Wildman–Crippen LogP) is 1.99. The normalized spacial score (nSPS) is 12.5. The molecule has 0 atom stereocenters. The molecule has 1 aromatic heterocycles. The summed E-state index contributed by atoms with van der Waals surface area (Å²) >= 11 is 0. The largest absolute Gasteiger partial charge is 0.493 e. The number of fused-ring (bicyclic) bond motifs is 2. The van der Waals surface area contributed by atoms with Crippen molar-refractivity contribution in [1.29, 1.82) is 0 Å². The number of hydrogen-bond donors (Lipinski definition) is 2. The van der Waals surface area contributed by atoms with Crippen molar-refractivity contribution >= 4 is 22.6 Å². The van der Waals surface area contributed by atoms with Gasteiger partial charge in [-0.2, -0.15) is 5.10 Å². The van der Waals surface area contributed by atoms with E-state index in [-0.39, 0.29) is 17.3 Å². The lowest BCUT2D eigenvalue weighted by Gasteiger charge is -2.14. The van der Waals surface area contributed by atoms with E-state index in [0.717, 1.165) is 17.7 Å². The lowest BCUT2D eigenvalue weighted by atomic mass is 10.1. The minimum Gasteiger partial charge on any atom is -0.493 e. The molecule has 2 aromatic carbocycles. The number of nitrogens with zero attached hydrogens (tertiary/aromatic N) is 2. The molecule has 2 N–H and O–H groups in total. The van der Waals surface area contributed by atoms with Crippen LogP contribution in [0.5, 0.6) is 5.75 Å². The number of hydrogen-bond acceptors (Lipinski definition) is 5. The van der Waals surface area contributed by atoms with Gasteiger partial charge in [-0.25, -0.2) is 4.68 Å². The lowest BCUT2D eigenvalue weighted by Crippen LogP contribution is -2.43. The van der Waals surface area contributed by atoms with Gasteiger partial charge >= 0.3 is 0 Å². The van der Waals surface area contributed by atoms with Gasteiger partial charge in [0, 0.05) is 17.4 Å². The summed E-state index contributed by atoms with van der Waals surface area (Å²) in [6, 6.07) is 11.7. The molecule has 148 valence electrons. The Labute approximate surface area is 166 Å². The maximum absolute atomic E-state index is 12.7. The van der Waals surface area contributed by atoms with Crippen LogP contribution in [0.25, 0.3) is 10.8 Å². The Bertz CT molecular complexity index is 1180. The Balaban J connectivity index is 1.59. The highest BCUT2D eigenvalue weighted by Crippen LogP contribution is 2.25. The number of benzene rings is 2. The summed E-state index contributed by atoms with van der Waals surface area (Å²) in [6.45, 7) is 4.22. The zero-order valence-corrected chi connectivity index (χ0v) is 16.1. The van der Waals surface area contributed by atoms with Gasteiger partial charge in [0.25, 0.3) is 17.4 Å². The van der Waals surface area contributed by atoms with Gasteiger partial charge in [-0.3, -0.25) is 25.2 Å². The second kappa shape index (κ2) is 7.38. The third kappa shape index (κ3) is 3.44. The molecule has 0 aliphatic carbocycles. The van der Waals surface area contributed by atoms with E-state index in [1.165, 1.54) is 4.68 Å². The van der Waals surface area contributed by atoms with Gasteiger partial charge in [-0.1, -0.05) is 18.2 Å². The first-order valence-corrected chi connectivity index (χ1v) is 9.33. The van der Waals surface area contributed by atoms with Crippen LogP contribution in [-0.4, -0.2) is 28.2 Å². The molecular formula is C21H20N4O4. The fourth-order valence-electron chi connectivity index (χ4n) is 3.30. The summed E-state index contributed by atoms with van der Waals surface area (Å²) in [5, 5.41) is 5.04. The average molecular weight is 392 g/mol. The van der Waals surface area contributed by atoms with Crippen LogP contribution in [-0.2, 0) is 6.42 Å². The standard InChI is InChI=1S/C21H20N4O4/c1-12(2)25-21(28)16-6-4-3-5-15(16)18(24-25)20(27)23-22-19(26)14-7-8-17-13(11-14)9-10-29-17/h3-8,11-12H,9-10H2,1-2H3,(H,22,26)(H,23,27). The molecule has 0 unspecified atom stereocenters. The monoisotopic (exact) mass is 392 g/mol. The number of aromatic nitrogens is 2. The van der Waals surface area contributed by atoms with E-state index in [1.54, 1.807) is 42.5 Å². The van der Waals surface area contributed by atoms with Crippen LogP contribution < -0.4 is 21.1 Å². The van der Waals surface area contributed by atoms with E-state index < -0.39 is 11.8 Å². The summed E-state index contributed by atoms with van der Waals surface area (Å²) in [5.74, 6) is -0.278. The van der Waals surface area contributed by atoms with Gasteiger partial charge in [0.05, 0.1) is 18.0 Å². The van der Waals surface area contributed by atoms with Crippen LogP contribution >= 0.6 is 0 Å². The Kier molecular flexibility index (Phi) is 4.75. The first-order chi connectivity index (χ1) is 14.0. The number of carbonyl (C=O) groups is 2. The van der Waals surface area contributed by atoms with E-state index in [2.05, 4.69) is 16.0 Å². The van der Waals surface area contributed by atoms with Crippen molar-refractivity contribution in [3.05, 3.63) is 69.6 Å². The third-order valence-corrected chi connectivity index (χ3v) is 4.77. The molecule has 29 heavy (non-hydrogen) atoms. The van der Waals surface area contributed by atoms with Crippen molar-refractivity contribution in [3.8, 4) is 5.75 Å². The number of rotatable bonds is 3. The Morgan fingerprint density at radius 1 is 1.07 bits per heavy atom. The molecule has 0 fully saturated rings. The molecule has 8 heteroatoms. The molecule has 3 aromatic rings. The SMILES string of the molecule is CC(C)n1nc(C(=O)NNC(=O)c2ccc3c(c2)CCO3)c2ccccc2c1=O. The lowest BCUT2D eigenvalue weighted by molar-refractivity contribution is 0.0843. The van der Waals surface area contributed by atoms with Crippen LogP contribution in [0.1, 0.15) is 46.3 Å². The minimum atomic E-state index is -0.603. The topological polar surface area (TPSA) is 102 Å². The minimum absolute atomic E-state index is 0.0663. The van der Waals surface area contributed by atoms with Crippen molar-refractivity contribution in [1.82, 2.24) is 20.6 Å². The maximum atomic E-state index is 12.7. The molecule has 1 aliphatic rings. The Morgan fingerprint density at radius 2 is 1.79 bits per heavy atom. The van der Waals surface area contributed by atoms with E-state index in [4.69, 9.17) is 4.74 Å². The predicted molar refractivity (Wildman–Crippen MR) is 107 cm³/mol. The van der Waals surface area contributed by atoms with Gasteiger partial charge in [0.1, 0.15) is 5.75 Å². The van der Waals surface area contributed by atoms with Crippen molar-refractivity contribution in [2.24, 2.45) is 0 Å². The summed E-state index contributed by atoms with van der Waals surface area (Å²) in [6.07, 6.45) is 0.746. The first-order valence-electron chi connectivity index (χ1n) is 9.33. The summed E-state index contributed by atoms with van der Waals surface area (Å²) in [5.41, 5.74) is 5.98. The van der Waals surface area contributed by atoms with Crippen LogP contribution in [0.2, 0.25) is 0 Å². The molecule has 2 heterocycles. The van der Waals surface area contributed by atoms with Crippen molar-refractivity contribution in [3.63, 3.8) is 0 Å². The Morgan fingerprint density at radius 3 is 2.55 bits per heavy atom. The molecule has 0 radical (unpaired) electrons. The molecule has 8 nitrogen and oxygen atoms in total. The third-order valence-electron chi connectivity index (χ3n) is 4.77. The molecule has 0 saturated heterocycles. The second-order valence-corrected chi connectivity index (χ2v) is 7.07. The fraction of sp³-hybridized carbons (Fsp3) is 0.238. The van der Waals surface area contributed by atoms with Crippen molar-refractivity contribution in [2.75, 3.05) is 6.61 Å². The molecular weight excluding hydrogens is 372 g/mol. The maximum Gasteiger partial charge on any atom is 0.290 e. The Hall–Kier alpha value is -3.68. The van der Waals surface area contributed by atoms with Gasteiger partial charge < -0.3 is 4.74 Å². The molecule has 0 saturated carbocycles. The quantitative estimate of drug-likeness (QED) is 0.664. The molecule has 0 spiro atoms. The van der Waals surface area contributed by atoms with Gasteiger partial charge in [0.15, 0.2) is 5.69 Å². The highest BCUT2D eigenvalue weighted by atomic mass is 16.5. The van der Waals surface area contributed by atoms with Gasteiger partial charge in [-0.05, 0) is 43.7 Å². The second-order valence-electron chi connectivity index (χ2n) is 7.07. The van der Waals surface area contributed by atoms with Crippen LogP contribution in [0.15, 0.2) is 47.3 Å². The zero-order chi connectivity index (χ0) is 20.5. The van der Waals surface area contributed by atoms with Crippen LogP contribution in [0.4, 0.5) is 0 Å². The summed E-state index contributed by atoms with van der Waals surface area (Å²) < 4.78 is 6.70. The number of ether oxygens (including phenoxy) is 1. The highest BCUT2D eigenvalue weighted by molar-refractivity contribution is 6.06. The van der Waals surface area contributed by atoms with Crippen LogP contribution in [0, 0.1) is 0 Å². The number of carbonyl (C=O) groups excluding carboxylic acids is 2. The van der Waals surface area contributed by atoms with E-state index in [1.807, 2.05) is 13.8 Å². The molecule has 0 bridgehead atoms. The van der Waals surface area contributed by atoms with Gasteiger partial charge in [-0.15, -0.1) is 0 Å². The number of amides is 2. The van der Waals surface area contributed by atoms with E-state index in [0.29, 0.717) is 22.9 Å². The molecule has 2 amide bonds. The molecule has 1 aliphatic heterocycles.